The smallest absolute Gasteiger partial charge is 0.223 e. The Hall–Kier alpha value is -2.10. The van der Waals surface area contributed by atoms with Crippen LogP contribution in [0, 0.1) is 5.92 Å². The Labute approximate surface area is 112 Å². The Morgan fingerprint density at radius 2 is 2.11 bits per heavy atom. The third-order valence-corrected chi connectivity index (χ3v) is 3.54. The van der Waals surface area contributed by atoms with Gasteiger partial charge in [-0.2, -0.15) is 0 Å². The minimum Gasteiger partial charge on any atom is -0.338 e. The molecule has 1 aromatic heterocycles. The number of imidazole rings is 1. The van der Waals surface area contributed by atoms with Gasteiger partial charge in [0.2, 0.25) is 5.91 Å². The second-order valence-corrected chi connectivity index (χ2v) is 5.09. The first-order chi connectivity index (χ1) is 9.31. The van der Waals surface area contributed by atoms with Gasteiger partial charge in [0.1, 0.15) is 0 Å². The Bertz CT molecular complexity index is 536. The molecule has 2 heterocycles. The number of aromatic nitrogens is 2. The van der Waals surface area contributed by atoms with Gasteiger partial charge in [0.25, 0.3) is 0 Å². The first-order valence-electron chi connectivity index (χ1n) is 6.59. The van der Waals surface area contributed by atoms with Gasteiger partial charge in [0.05, 0.1) is 6.33 Å². The maximum absolute atomic E-state index is 12.0. The molecule has 98 valence electrons. The van der Waals surface area contributed by atoms with Crippen molar-refractivity contribution in [2.24, 2.45) is 5.92 Å². The topological polar surface area (TPSA) is 38.1 Å². The van der Waals surface area contributed by atoms with Crippen LogP contribution in [0.15, 0.2) is 49.1 Å². The molecule has 1 amide bonds. The second kappa shape index (κ2) is 5.26. The number of amides is 1. The lowest BCUT2D eigenvalue weighted by Crippen LogP contribution is -2.25. The Morgan fingerprint density at radius 3 is 2.84 bits per heavy atom. The van der Waals surface area contributed by atoms with Crippen molar-refractivity contribution in [2.45, 2.75) is 19.5 Å². The molecule has 19 heavy (non-hydrogen) atoms. The van der Waals surface area contributed by atoms with Gasteiger partial charge in [-0.05, 0) is 5.56 Å². The van der Waals surface area contributed by atoms with E-state index in [4.69, 9.17) is 0 Å². The van der Waals surface area contributed by atoms with Crippen molar-refractivity contribution in [3.63, 3.8) is 0 Å². The summed E-state index contributed by atoms with van der Waals surface area (Å²) in [4.78, 5) is 18.0. The first-order valence-corrected chi connectivity index (χ1v) is 6.59. The average Bonchev–Trinajstić information content (AvgIpc) is 3.02. The quantitative estimate of drug-likeness (QED) is 0.837. The molecule has 0 spiro atoms. The lowest BCUT2D eigenvalue weighted by molar-refractivity contribution is -0.128. The van der Waals surface area contributed by atoms with E-state index in [1.54, 1.807) is 6.20 Å². The van der Waals surface area contributed by atoms with E-state index in [0.29, 0.717) is 12.3 Å². The van der Waals surface area contributed by atoms with Crippen molar-refractivity contribution < 1.29 is 4.79 Å². The minimum absolute atomic E-state index is 0.258. The summed E-state index contributed by atoms with van der Waals surface area (Å²) in [6.45, 7) is 2.43. The summed E-state index contributed by atoms with van der Waals surface area (Å²) in [6, 6.07) is 10.2. The van der Waals surface area contributed by atoms with Crippen LogP contribution in [0.4, 0.5) is 0 Å². The zero-order chi connectivity index (χ0) is 13.1. The van der Waals surface area contributed by atoms with Crippen LogP contribution in [0.2, 0.25) is 0 Å². The molecule has 1 aliphatic heterocycles. The highest BCUT2D eigenvalue weighted by molar-refractivity contribution is 5.78. The number of likely N-dealkylation sites (tertiary alicyclic amines) is 1. The molecule has 0 saturated carbocycles. The summed E-state index contributed by atoms with van der Waals surface area (Å²) in [7, 11) is 0. The van der Waals surface area contributed by atoms with E-state index in [0.717, 1.165) is 19.6 Å². The maximum atomic E-state index is 12.0. The van der Waals surface area contributed by atoms with E-state index in [9.17, 15) is 4.79 Å². The standard InChI is InChI=1S/C15H17N3O/c19-15-8-14(9-17-7-6-16-12-17)11-18(15)10-13-4-2-1-3-5-13/h1-7,12,14H,8-11H2. The number of hydrogen-bond acceptors (Lipinski definition) is 2. The van der Waals surface area contributed by atoms with E-state index >= 15 is 0 Å². The maximum Gasteiger partial charge on any atom is 0.223 e. The van der Waals surface area contributed by atoms with Crippen molar-refractivity contribution in [3.05, 3.63) is 54.6 Å². The molecule has 1 saturated heterocycles. The lowest BCUT2D eigenvalue weighted by atomic mass is 10.1. The Balaban J connectivity index is 1.61. The van der Waals surface area contributed by atoms with Crippen LogP contribution < -0.4 is 0 Å². The highest BCUT2D eigenvalue weighted by Crippen LogP contribution is 2.21. The van der Waals surface area contributed by atoms with Gasteiger partial charge in [0, 0.05) is 44.4 Å². The van der Waals surface area contributed by atoms with Crippen LogP contribution in [-0.4, -0.2) is 26.9 Å². The molecule has 1 atom stereocenters. The van der Waals surface area contributed by atoms with E-state index in [-0.39, 0.29) is 5.91 Å². The summed E-state index contributed by atoms with van der Waals surface area (Å²) in [5, 5.41) is 0. The highest BCUT2D eigenvalue weighted by atomic mass is 16.2. The number of carbonyl (C=O) groups excluding carboxylic acids is 1. The fraction of sp³-hybridized carbons (Fsp3) is 0.333. The van der Waals surface area contributed by atoms with Gasteiger partial charge in [0.15, 0.2) is 0 Å². The largest absolute Gasteiger partial charge is 0.338 e. The summed E-state index contributed by atoms with van der Waals surface area (Å²) >= 11 is 0. The molecule has 0 bridgehead atoms. The van der Waals surface area contributed by atoms with E-state index in [1.165, 1.54) is 5.56 Å². The highest BCUT2D eigenvalue weighted by Gasteiger charge is 2.29. The van der Waals surface area contributed by atoms with Gasteiger partial charge < -0.3 is 9.47 Å². The predicted molar refractivity (Wildman–Crippen MR) is 72.2 cm³/mol. The zero-order valence-corrected chi connectivity index (χ0v) is 10.8. The zero-order valence-electron chi connectivity index (χ0n) is 10.8. The molecule has 0 aliphatic carbocycles. The van der Waals surface area contributed by atoms with Gasteiger partial charge in [-0.3, -0.25) is 4.79 Å². The number of nitrogens with zero attached hydrogens (tertiary/aromatic N) is 3. The average molecular weight is 255 g/mol. The van der Waals surface area contributed by atoms with Crippen molar-refractivity contribution in [1.82, 2.24) is 14.5 Å². The molecule has 3 rings (SSSR count). The molecular formula is C15H17N3O. The summed E-state index contributed by atoms with van der Waals surface area (Å²) in [5.41, 5.74) is 1.19. The normalized spacial score (nSPS) is 19.1. The molecule has 0 radical (unpaired) electrons. The summed E-state index contributed by atoms with van der Waals surface area (Å²) in [6.07, 6.45) is 6.18. The number of carbonyl (C=O) groups is 1. The number of hydrogen-bond donors (Lipinski definition) is 0. The first kappa shape index (κ1) is 12.0. The summed E-state index contributed by atoms with van der Waals surface area (Å²) in [5.74, 6) is 0.652. The van der Waals surface area contributed by atoms with Crippen LogP contribution >= 0.6 is 0 Å². The molecule has 1 aromatic carbocycles. The van der Waals surface area contributed by atoms with Crippen LogP contribution in [0.5, 0.6) is 0 Å². The van der Waals surface area contributed by atoms with Crippen LogP contribution in [0.3, 0.4) is 0 Å². The van der Waals surface area contributed by atoms with Crippen molar-refractivity contribution in [3.8, 4) is 0 Å². The van der Waals surface area contributed by atoms with Gasteiger partial charge >= 0.3 is 0 Å². The molecular weight excluding hydrogens is 238 g/mol. The van der Waals surface area contributed by atoms with E-state index < -0.39 is 0 Å². The van der Waals surface area contributed by atoms with Crippen molar-refractivity contribution in [1.29, 1.82) is 0 Å². The number of rotatable bonds is 4. The Kier molecular flexibility index (Phi) is 3.31. The Morgan fingerprint density at radius 1 is 1.26 bits per heavy atom. The van der Waals surface area contributed by atoms with Gasteiger partial charge in [-0.15, -0.1) is 0 Å². The number of benzene rings is 1. The minimum atomic E-state index is 0.258. The molecule has 0 N–H and O–H groups in total. The van der Waals surface area contributed by atoms with E-state index in [2.05, 4.69) is 17.1 Å². The van der Waals surface area contributed by atoms with Crippen LogP contribution in [0.25, 0.3) is 0 Å². The molecule has 1 unspecified atom stereocenters. The van der Waals surface area contributed by atoms with E-state index in [1.807, 2.05) is 40.2 Å². The molecule has 1 fully saturated rings. The predicted octanol–water partition coefficient (Wildman–Crippen LogP) is 1.93. The molecule has 4 nitrogen and oxygen atoms in total. The molecule has 1 aliphatic rings. The van der Waals surface area contributed by atoms with Crippen LogP contribution in [-0.2, 0) is 17.9 Å². The SMILES string of the molecule is O=C1CC(Cn2ccnc2)CN1Cc1ccccc1. The monoisotopic (exact) mass is 255 g/mol. The third kappa shape index (κ3) is 2.84. The third-order valence-electron chi connectivity index (χ3n) is 3.54. The molecule has 4 heteroatoms. The van der Waals surface area contributed by atoms with Crippen molar-refractivity contribution >= 4 is 5.91 Å². The molecule has 2 aromatic rings. The second-order valence-electron chi connectivity index (χ2n) is 5.09. The fourth-order valence-electron chi connectivity index (χ4n) is 2.63. The van der Waals surface area contributed by atoms with Crippen LogP contribution in [0.1, 0.15) is 12.0 Å². The fourth-order valence-corrected chi connectivity index (χ4v) is 2.63. The van der Waals surface area contributed by atoms with Gasteiger partial charge in [-0.1, -0.05) is 30.3 Å². The lowest BCUT2D eigenvalue weighted by Gasteiger charge is -2.16. The van der Waals surface area contributed by atoms with Gasteiger partial charge in [-0.25, -0.2) is 4.98 Å². The summed E-state index contributed by atoms with van der Waals surface area (Å²) < 4.78 is 2.05. The van der Waals surface area contributed by atoms with Crippen molar-refractivity contribution in [2.75, 3.05) is 6.54 Å².